The van der Waals surface area contributed by atoms with Crippen molar-refractivity contribution in [1.29, 1.82) is 0 Å². The van der Waals surface area contributed by atoms with E-state index in [0.29, 0.717) is 17.2 Å². The second kappa shape index (κ2) is 9.96. The molecule has 0 radical (unpaired) electrons. The number of methoxy groups -OCH3 is 3. The first kappa shape index (κ1) is 23.7. The Hall–Kier alpha value is -2.57. The highest BCUT2D eigenvalue weighted by Crippen LogP contribution is 2.38. The van der Waals surface area contributed by atoms with Crippen molar-refractivity contribution in [1.82, 2.24) is 18.8 Å². The van der Waals surface area contributed by atoms with E-state index in [1.807, 2.05) is 0 Å². The number of nitrogens with one attached hydrogen (secondary N) is 1. The van der Waals surface area contributed by atoms with Crippen LogP contribution in [-0.2, 0) is 15.0 Å². The molecule has 1 aromatic rings. The van der Waals surface area contributed by atoms with Crippen LogP contribution in [0.4, 0.5) is 0 Å². The lowest BCUT2D eigenvalue weighted by Crippen LogP contribution is -2.54. The van der Waals surface area contributed by atoms with Gasteiger partial charge in [0.15, 0.2) is 11.5 Å². The molecule has 2 amide bonds. The minimum Gasteiger partial charge on any atom is -0.493 e. The Bertz CT molecular complexity index is 856. The van der Waals surface area contributed by atoms with Crippen molar-refractivity contribution in [2.24, 2.45) is 0 Å². The van der Waals surface area contributed by atoms with Crippen molar-refractivity contribution in [3.05, 3.63) is 17.7 Å². The third-order valence-electron chi connectivity index (χ3n) is 4.71. The van der Waals surface area contributed by atoms with E-state index in [1.54, 1.807) is 0 Å². The summed E-state index contributed by atoms with van der Waals surface area (Å²) in [6, 6.07) is 2.98. The number of ether oxygens (including phenoxy) is 3. The molecule has 168 valence electrons. The molecule has 1 N–H and O–H groups in total. The normalized spacial score (nSPS) is 15.1. The number of nitrogens with zero attached hydrogens (tertiary/aromatic N) is 3. The lowest BCUT2D eigenvalue weighted by Gasteiger charge is -2.35. The highest BCUT2D eigenvalue weighted by atomic mass is 32.2. The zero-order chi connectivity index (χ0) is 22.5. The molecule has 1 aliphatic heterocycles. The zero-order valence-corrected chi connectivity index (χ0v) is 18.6. The fourth-order valence-electron chi connectivity index (χ4n) is 2.98. The predicted molar refractivity (Wildman–Crippen MR) is 109 cm³/mol. The van der Waals surface area contributed by atoms with Gasteiger partial charge in [-0.25, -0.2) is 0 Å². The van der Waals surface area contributed by atoms with Gasteiger partial charge in [0.05, 0.1) is 27.9 Å². The maximum absolute atomic E-state index is 12.5. The fraction of sp³-hybridized carbons (Fsp3) is 0.556. The number of carbonyl (C=O) groups is 2. The summed E-state index contributed by atoms with van der Waals surface area (Å²) in [7, 11) is 3.77. The first-order chi connectivity index (χ1) is 14.1. The first-order valence-corrected chi connectivity index (χ1v) is 10.6. The Kier molecular flexibility index (Phi) is 7.87. The fourth-order valence-corrected chi connectivity index (χ4v) is 4.07. The Morgan fingerprint density at radius 1 is 1.00 bits per heavy atom. The molecule has 0 aromatic heterocycles. The summed E-state index contributed by atoms with van der Waals surface area (Å²) >= 11 is 0. The van der Waals surface area contributed by atoms with Crippen LogP contribution in [0.5, 0.6) is 17.2 Å². The summed E-state index contributed by atoms with van der Waals surface area (Å²) in [6.07, 6.45) is 0. The number of piperazine rings is 1. The molecule has 1 aliphatic rings. The molecule has 0 atom stereocenters. The van der Waals surface area contributed by atoms with Gasteiger partial charge in [0.25, 0.3) is 16.1 Å². The lowest BCUT2D eigenvalue weighted by molar-refractivity contribution is -0.131. The van der Waals surface area contributed by atoms with Crippen molar-refractivity contribution in [3.63, 3.8) is 0 Å². The second-order valence-corrected chi connectivity index (χ2v) is 8.81. The molecule has 12 heteroatoms. The molecule has 30 heavy (non-hydrogen) atoms. The standard InChI is InChI=1S/C18H28N4O7S/c1-20(2)30(25,26)22-8-6-21(7-9-22)16(23)12-19-18(24)13-10-14(27-3)17(29-5)15(11-13)28-4/h10-11H,6-9,12H2,1-5H3,(H,19,24). The smallest absolute Gasteiger partial charge is 0.281 e. The Balaban J connectivity index is 1.97. The number of amides is 2. The van der Waals surface area contributed by atoms with E-state index in [2.05, 4.69) is 5.32 Å². The van der Waals surface area contributed by atoms with Gasteiger partial charge in [-0.1, -0.05) is 0 Å². The Morgan fingerprint density at radius 3 is 1.97 bits per heavy atom. The van der Waals surface area contributed by atoms with E-state index in [1.165, 1.54) is 56.8 Å². The van der Waals surface area contributed by atoms with E-state index in [9.17, 15) is 18.0 Å². The second-order valence-electron chi connectivity index (χ2n) is 6.67. The van der Waals surface area contributed by atoms with E-state index < -0.39 is 16.1 Å². The van der Waals surface area contributed by atoms with Crippen LogP contribution in [-0.4, -0.2) is 102 Å². The molecule has 1 fully saturated rings. The van der Waals surface area contributed by atoms with E-state index >= 15 is 0 Å². The molecule has 1 saturated heterocycles. The first-order valence-electron chi connectivity index (χ1n) is 9.19. The van der Waals surface area contributed by atoms with E-state index in [0.717, 1.165) is 4.31 Å². The quantitative estimate of drug-likeness (QED) is 0.568. The number of hydrogen-bond donors (Lipinski definition) is 1. The van der Waals surface area contributed by atoms with Gasteiger partial charge in [0.1, 0.15) is 0 Å². The van der Waals surface area contributed by atoms with Gasteiger partial charge >= 0.3 is 0 Å². The van der Waals surface area contributed by atoms with Crippen molar-refractivity contribution in [3.8, 4) is 17.2 Å². The Morgan fingerprint density at radius 2 is 1.53 bits per heavy atom. The topological polar surface area (TPSA) is 118 Å². The molecule has 0 spiro atoms. The summed E-state index contributed by atoms with van der Waals surface area (Å²) in [6.45, 7) is 0.702. The van der Waals surface area contributed by atoms with Gasteiger partial charge in [-0.05, 0) is 12.1 Å². The highest BCUT2D eigenvalue weighted by Gasteiger charge is 2.30. The number of benzene rings is 1. The lowest BCUT2D eigenvalue weighted by atomic mass is 10.1. The van der Waals surface area contributed by atoms with Crippen molar-refractivity contribution in [2.45, 2.75) is 0 Å². The molecule has 1 aromatic carbocycles. The van der Waals surface area contributed by atoms with Gasteiger partial charge < -0.3 is 24.4 Å². The maximum Gasteiger partial charge on any atom is 0.281 e. The van der Waals surface area contributed by atoms with E-state index in [-0.39, 0.29) is 44.2 Å². The van der Waals surface area contributed by atoms with E-state index in [4.69, 9.17) is 14.2 Å². The van der Waals surface area contributed by atoms with Gasteiger partial charge in [-0.3, -0.25) is 9.59 Å². The third-order valence-corrected chi connectivity index (χ3v) is 6.65. The van der Waals surface area contributed by atoms with Crippen LogP contribution in [0.2, 0.25) is 0 Å². The molecule has 0 saturated carbocycles. The Labute approximate surface area is 176 Å². The van der Waals surface area contributed by atoms with Crippen LogP contribution in [0.1, 0.15) is 10.4 Å². The van der Waals surface area contributed by atoms with Crippen LogP contribution < -0.4 is 19.5 Å². The van der Waals surface area contributed by atoms with Gasteiger partial charge in [0.2, 0.25) is 11.7 Å². The highest BCUT2D eigenvalue weighted by molar-refractivity contribution is 7.86. The summed E-state index contributed by atoms with van der Waals surface area (Å²) in [5.41, 5.74) is 0.249. The minimum absolute atomic E-state index is 0.201. The summed E-state index contributed by atoms with van der Waals surface area (Å²) in [4.78, 5) is 26.5. The van der Waals surface area contributed by atoms with Crippen molar-refractivity contribution < 1.29 is 32.2 Å². The zero-order valence-electron chi connectivity index (χ0n) is 17.8. The summed E-state index contributed by atoms with van der Waals surface area (Å²) in [5.74, 6) is 0.241. The summed E-state index contributed by atoms with van der Waals surface area (Å²) in [5, 5.41) is 2.57. The molecular formula is C18H28N4O7S. The average molecular weight is 445 g/mol. The molecule has 1 heterocycles. The van der Waals surface area contributed by atoms with Gasteiger partial charge in [-0.2, -0.15) is 17.0 Å². The SMILES string of the molecule is COc1cc(C(=O)NCC(=O)N2CCN(S(=O)(=O)N(C)C)CC2)cc(OC)c1OC. The average Bonchev–Trinajstić information content (AvgIpc) is 2.75. The van der Waals surface area contributed by atoms with Crippen LogP contribution in [0, 0.1) is 0 Å². The molecule has 0 unspecified atom stereocenters. The largest absolute Gasteiger partial charge is 0.493 e. The summed E-state index contributed by atoms with van der Waals surface area (Å²) < 4.78 is 42.4. The molecular weight excluding hydrogens is 416 g/mol. The number of hydrogen-bond acceptors (Lipinski definition) is 7. The molecule has 0 aliphatic carbocycles. The maximum atomic E-state index is 12.5. The van der Waals surface area contributed by atoms with Crippen molar-refractivity contribution >= 4 is 22.0 Å². The van der Waals surface area contributed by atoms with Gasteiger partial charge in [-0.15, -0.1) is 0 Å². The molecule has 11 nitrogen and oxygen atoms in total. The van der Waals surface area contributed by atoms with Crippen molar-refractivity contribution in [2.75, 3.05) is 68.1 Å². The number of rotatable bonds is 8. The minimum atomic E-state index is -3.50. The predicted octanol–water partition coefficient (Wildman–Crippen LogP) is -0.607. The number of carbonyl (C=O) groups excluding carboxylic acids is 2. The van der Waals surface area contributed by atoms with Crippen LogP contribution >= 0.6 is 0 Å². The molecule has 2 rings (SSSR count). The van der Waals surface area contributed by atoms with Crippen LogP contribution in [0.15, 0.2) is 12.1 Å². The van der Waals surface area contributed by atoms with Crippen LogP contribution in [0.3, 0.4) is 0 Å². The van der Waals surface area contributed by atoms with Crippen LogP contribution in [0.25, 0.3) is 0 Å². The van der Waals surface area contributed by atoms with Gasteiger partial charge in [0, 0.05) is 45.8 Å². The third kappa shape index (κ3) is 5.12. The molecule has 0 bridgehead atoms. The monoisotopic (exact) mass is 444 g/mol.